The largest absolute Gasteiger partial charge is 0.293 e. The third-order valence-electron chi connectivity index (χ3n) is 10.5. The highest BCUT2D eigenvalue weighted by Crippen LogP contribution is 2.42. The summed E-state index contributed by atoms with van der Waals surface area (Å²) in [6.45, 7) is 0. The molecule has 0 radical (unpaired) electrons. The topological polar surface area (TPSA) is 48.0 Å². The Morgan fingerprint density at radius 1 is 0.352 bits per heavy atom. The van der Waals surface area contributed by atoms with E-state index in [1.54, 1.807) is 0 Å². The summed E-state index contributed by atoms with van der Waals surface area (Å²) in [6, 6.07) is 66.1. The number of imidazole rings is 1. The molecule has 5 nitrogen and oxygen atoms in total. The van der Waals surface area contributed by atoms with E-state index in [-0.39, 0.29) is 0 Å². The molecule has 0 aliphatic heterocycles. The highest BCUT2D eigenvalue weighted by atomic mass is 15.1. The smallest absolute Gasteiger partial charge is 0.164 e. The summed E-state index contributed by atoms with van der Waals surface area (Å²) in [6.07, 6.45) is 0. The van der Waals surface area contributed by atoms with Crippen LogP contribution in [-0.2, 0) is 0 Å². The van der Waals surface area contributed by atoms with Gasteiger partial charge in [-0.25, -0.2) is 15.0 Å². The van der Waals surface area contributed by atoms with Gasteiger partial charge in [0.05, 0.1) is 16.6 Å². The quantitative estimate of drug-likeness (QED) is 0.181. The third kappa shape index (κ3) is 4.69. The molecule has 0 N–H and O–H groups in total. The third-order valence-corrected chi connectivity index (χ3v) is 10.5. The van der Waals surface area contributed by atoms with E-state index in [2.05, 4.69) is 197 Å². The molecular formula is C49H31N5. The van der Waals surface area contributed by atoms with E-state index in [1.165, 1.54) is 5.39 Å². The van der Waals surface area contributed by atoms with Crippen molar-refractivity contribution in [2.75, 3.05) is 0 Å². The van der Waals surface area contributed by atoms with Crippen LogP contribution in [0.1, 0.15) is 0 Å². The fourth-order valence-corrected chi connectivity index (χ4v) is 8.16. The first kappa shape index (κ1) is 30.3. The molecule has 11 aromatic rings. The van der Waals surface area contributed by atoms with Gasteiger partial charge in [-0.05, 0) is 63.5 Å². The second-order valence-electron chi connectivity index (χ2n) is 13.7. The van der Waals surface area contributed by atoms with Gasteiger partial charge < -0.3 is 0 Å². The van der Waals surface area contributed by atoms with Gasteiger partial charge in [0.15, 0.2) is 17.5 Å². The first-order chi connectivity index (χ1) is 26.8. The molecule has 0 atom stereocenters. The molecule has 0 fully saturated rings. The number of hydrogen-bond donors (Lipinski definition) is 0. The Balaban J connectivity index is 1.18. The first-order valence-electron chi connectivity index (χ1n) is 18.2. The van der Waals surface area contributed by atoms with Crippen LogP contribution in [0.25, 0.3) is 100 Å². The number of benzene rings is 8. The molecule has 0 spiro atoms. The molecule has 3 heterocycles. The van der Waals surface area contributed by atoms with E-state index >= 15 is 0 Å². The van der Waals surface area contributed by atoms with Gasteiger partial charge in [0.1, 0.15) is 5.65 Å². The van der Waals surface area contributed by atoms with Crippen LogP contribution in [0.2, 0.25) is 0 Å². The van der Waals surface area contributed by atoms with Crippen molar-refractivity contribution >= 4 is 49.1 Å². The Labute approximate surface area is 311 Å². The lowest BCUT2D eigenvalue weighted by Crippen LogP contribution is -2.01. The van der Waals surface area contributed by atoms with E-state index in [0.717, 1.165) is 77.2 Å². The van der Waals surface area contributed by atoms with Crippen LogP contribution in [0.3, 0.4) is 0 Å². The average Bonchev–Trinajstić information content (AvgIpc) is 3.76. The van der Waals surface area contributed by atoms with E-state index in [9.17, 15) is 0 Å². The highest BCUT2D eigenvalue weighted by molar-refractivity contribution is 6.09. The van der Waals surface area contributed by atoms with Crippen LogP contribution in [0.4, 0.5) is 0 Å². The minimum Gasteiger partial charge on any atom is -0.293 e. The summed E-state index contributed by atoms with van der Waals surface area (Å²) in [5, 5.41) is 5.68. The predicted octanol–water partition coefficient (Wildman–Crippen LogP) is 12.2. The average molecular weight is 690 g/mol. The SMILES string of the molecule is c1ccc(-n2c3ccccc3n3c4ccccc4c(-c4cccc(-c5nc(-c6cccc7ccccc67)nc(-c6cccc7ccccc67)n5)c4)c23)cc1. The number of para-hydroxylation sites is 4. The van der Waals surface area contributed by atoms with E-state index in [1.807, 2.05) is 0 Å². The number of rotatable bonds is 5. The van der Waals surface area contributed by atoms with Crippen molar-refractivity contribution in [3.63, 3.8) is 0 Å². The second kappa shape index (κ2) is 12.1. The van der Waals surface area contributed by atoms with Gasteiger partial charge in [-0.2, -0.15) is 0 Å². The lowest BCUT2D eigenvalue weighted by Gasteiger charge is -2.12. The molecule has 0 bridgehead atoms. The minimum atomic E-state index is 0.626. The summed E-state index contributed by atoms with van der Waals surface area (Å²) in [5.41, 5.74) is 10.8. The predicted molar refractivity (Wildman–Crippen MR) is 222 cm³/mol. The molecule has 252 valence electrons. The van der Waals surface area contributed by atoms with Gasteiger partial charge >= 0.3 is 0 Å². The maximum absolute atomic E-state index is 5.24. The van der Waals surface area contributed by atoms with Gasteiger partial charge in [-0.15, -0.1) is 0 Å². The lowest BCUT2D eigenvalue weighted by molar-refractivity contribution is 1.08. The normalized spacial score (nSPS) is 11.7. The van der Waals surface area contributed by atoms with Crippen molar-refractivity contribution in [3.8, 4) is 51.0 Å². The Kier molecular flexibility index (Phi) is 6.79. The van der Waals surface area contributed by atoms with Crippen molar-refractivity contribution < 1.29 is 0 Å². The van der Waals surface area contributed by atoms with Crippen molar-refractivity contribution in [2.45, 2.75) is 0 Å². The fraction of sp³-hybridized carbons (Fsp3) is 0. The monoisotopic (exact) mass is 689 g/mol. The van der Waals surface area contributed by atoms with Crippen LogP contribution in [-0.4, -0.2) is 23.9 Å². The lowest BCUT2D eigenvalue weighted by atomic mass is 10.0. The van der Waals surface area contributed by atoms with Crippen molar-refractivity contribution in [3.05, 3.63) is 188 Å². The highest BCUT2D eigenvalue weighted by Gasteiger charge is 2.23. The summed E-state index contributed by atoms with van der Waals surface area (Å²) in [5.74, 6) is 1.91. The molecule has 11 rings (SSSR count). The molecule has 54 heavy (non-hydrogen) atoms. The fourth-order valence-electron chi connectivity index (χ4n) is 8.16. The number of fused-ring (bicyclic) bond motifs is 7. The zero-order chi connectivity index (χ0) is 35.6. The molecule has 0 saturated heterocycles. The summed E-state index contributed by atoms with van der Waals surface area (Å²) in [7, 11) is 0. The molecular weight excluding hydrogens is 659 g/mol. The van der Waals surface area contributed by atoms with Gasteiger partial charge in [0.25, 0.3) is 0 Å². The standard InChI is InChI=1S/C49H31N5/c1-2-21-36(22-3-1)53-43-29-10-11-30-44(43)54-42-28-9-8-25-41(42)45(49(53)54)34-19-12-20-35(31-34)46-50-47(39-26-13-17-32-15-4-6-23-37(32)39)52-48(51-46)40-27-14-18-33-16-5-7-24-38(33)40/h1-31H. The van der Waals surface area contributed by atoms with Crippen LogP contribution in [0, 0.1) is 0 Å². The Morgan fingerprint density at radius 2 is 0.852 bits per heavy atom. The summed E-state index contributed by atoms with van der Waals surface area (Å²) in [4.78, 5) is 15.7. The van der Waals surface area contributed by atoms with Crippen molar-refractivity contribution in [1.29, 1.82) is 0 Å². The van der Waals surface area contributed by atoms with Crippen LogP contribution >= 0.6 is 0 Å². The van der Waals surface area contributed by atoms with Crippen molar-refractivity contribution in [2.24, 2.45) is 0 Å². The molecule has 3 aromatic heterocycles. The maximum atomic E-state index is 5.24. The second-order valence-corrected chi connectivity index (χ2v) is 13.7. The summed E-state index contributed by atoms with van der Waals surface area (Å²) >= 11 is 0. The Morgan fingerprint density at radius 3 is 1.54 bits per heavy atom. The van der Waals surface area contributed by atoms with Crippen LogP contribution in [0.5, 0.6) is 0 Å². The van der Waals surface area contributed by atoms with Gasteiger partial charge in [-0.3, -0.25) is 8.97 Å². The summed E-state index contributed by atoms with van der Waals surface area (Å²) < 4.78 is 4.79. The maximum Gasteiger partial charge on any atom is 0.164 e. The number of nitrogens with zero attached hydrogens (tertiary/aromatic N) is 5. The molecule has 5 heteroatoms. The number of hydrogen-bond acceptors (Lipinski definition) is 3. The molecule has 0 unspecified atom stereocenters. The van der Waals surface area contributed by atoms with E-state index in [0.29, 0.717) is 17.5 Å². The molecule has 0 aliphatic rings. The molecule has 8 aromatic carbocycles. The molecule has 0 saturated carbocycles. The zero-order valence-corrected chi connectivity index (χ0v) is 29.1. The molecule has 0 amide bonds. The van der Waals surface area contributed by atoms with Crippen LogP contribution in [0.15, 0.2) is 188 Å². The molecule has 0 aliphatic carbocycles. The minimum absolute atomic E-state index is 0.626. The van der Waals surface area contributed by atoms with E-state index in [4.69, 9.17) is 15.0 Å². The zero-order valence-electron chi connectivity index (χ0n) is 29.1. The van der Waals surface area contributed by atoms with Gasteiger partial charge in [-0.1, -0.05) is 152 Å². The Bertz CT molecular complexity index is 3120. The van der Waals surface area contributed by atoms with Gasteiger partial charge in [0, 0.05) is 33.3 Å². The van der Waals surface area contributed by atoms with Crippen molar-refractivity contribution in [1.82, 2.24) is 23.9 Å². The Hall–Kier alpha value is -7.37. The van der Waals surface area contributed by atoms with Gasteiger partial charge in [0.2, 0.25) is 0 Å². The van der Waals surface area contributed by atoms with E-state index < -0.39 is 0 Å². The van der Waals surface area contributed by atoms with Crippen LogP contribution < -0.4 is 0 Å². The first-order valence-corrected chi connectivity index (χ1v) is 18.2. The number of aromatic nitrogens is 5.